The summed E-state index contributed by atoms with van der Waals surface area (Å²) in [5, 5.41) is 15.2. The van der Waals surface area contributed by atoms with Gasteiger partial charge in [-0.05, 0) is 43.5 Å². The molecule has 1 N–H and O–H groups in total. The number of hydrogen-bond acceptors (Lipinski definition) is 4. The molecule has 16 heavy (non-hydrogen) atoms. The van der Waals surface area contributed by atoms with Crippen LogP contribution in [0.5, 0.6) is 0 Å². The molecule has 0 unspecified atom stereocenters. The lowest BCUT2D eigenvalue weighted by Gasteiger charge is -2.19. The van der Waals surface area contributed by atoms with Crippen LogP contribution in [0, 0.1) is 5.92 Å². The van der Waals surface area contributed by atoms with Crippen LogP contribution < -0.4 is 5.32 Å². The topological polar surface area (TPSA) is 55.6 Å². The molecule has 0 amide bonds. The zero-order valence-electron chi connectivity index (χ0n) is 10.4. The maximum Gasteiger partial charge on any atom is 0.165 e. The van der Waals surface area contributed by atoms with Crippen LogP contribution in [0.1, 0.15) is 45.9 Å². The van der Waals surface area contributed by atoms with Gasteiger partial charge in [-0.1, -0.05) is 12.8 Å². The second-order valence-corrected chi connectivity index (χ2v) is 5.65. The molecule has 0 aromatic carbocycles. The molecule has 2 rings (SSSR count). The molecule has 1 fully saturated rings. The van der Waals surface area contributed by atoms with E-state index in [-0.39, 0.29) is 5.54 Å². The van der Waals surface area contributed by atoms with Crippen molar-refractivity contribution >= 4 is 0 Å². The number of rotatable bonds is 5. The summed E-state index contributed by atoms with van der Waals surface area (Å²) in [6.45, 7) is 8.13. The molecular formula is C11H21N5. The molecule has 1 aromatic rings. The minimum atomic E-state index is 0.104. The van der Waals surface area contributed by atoms with Gasteiger partial charge >= 0.3 is 0 Å². The van der Waals surface area contributed by atoms with E-state index in [1.165, 1.54) is 19.3 Å². The van der Waals surface area contributed by atoms with E-state index in [4.69, 9.17) is 0 Å². The fraction of sp³-hybridized carbons (Fsp3) is 0.909. The quantitative estimate of drug-likeness (QED) is 0.819. The van der Waals surface area contributed by atoms with E-state index in [1.54, 1.807) is 0 Å². The summed E-state index contributed by atoms with van der Waals surface area (Å²) in [6, 6.07) is 0. The highest BCUT2D eigenvalue weighted by atomic mass is 15.5. The van der Waals surface area contributed by atoms with Crippen LogP contribution in [0.2, 0.25) is 0 Å². The third kappa shape index (κ3) is 3.56. The fourth-order valence-corrected chi connectivity index (χ4v) is 1.58. The largest absolute Gasteiger partial charge is 0.305 e. The molecule has 5 heteroatoms. The average Bonchev–Trinajstić information content (AvgIpc) is 2.90. The van der Waals surface area contributed by atoms with Gasteiger partial charge in [-0.2, -0.15) is 0 Å². The van der Waals surface area contributed by atoms with Gasteiger partial charge in [-0.15, -0.1) is 5.10 Å². The van der Waals surface area contributed by atoms with E-state index >= 15 is 0 Å². The van der Waals surface area contributed by atoms with Gasteiger partial charge < -0.3 is 5.32 Å². The summed E-state index contributed by atoms with van der Waals surface area (Å²) >= 11 is 0. The Morgan fingerprint density at radius 1 is 1.38 bits per heavy atom. The first-order valence-electron chi connectivity index (χ1n) is 6.05. The predicted molar refractivity (Wildman–Crippen MR) is 61.8 cm³/mol. The standard InChI is InChI=1S/C11H21N5/c1-11(2,3)12-8-10-13-14-15-16(10)7-6-9-4-5-9/h9,12H,4-8H2,1-3H3. The van der Waals surface area contributed by atoms with Crippen molar-refractivity contribution < 1.29 is 0 Å². The van der Waals surface area contributed by atoms with Crippen molar-refractivity contribution in [1.29, 1.82) is 0 Å². The average molecular weight is 223 g/mol. The van der Waals surface area contributed by atoms with E-state index in [0.717, 1.165) is 24.8 Å². The summed E-state index contributed by atoms with van der Waals surface area (Å²) in [6.07, 6.45) is 3.99. The zero-order valence-corrected chi connectivity index (χ0v) is 10.4. The highest BCUT2D eigenvalue weighted by molar-refractivity contribution is 4.84. The molecule has 0 radical (unpaired) electrons. The van der Waals surface area contributed by atoms with Crippen LogP contribution in [0.4, 0.5) is 0 Å². The third-order valence-electron chi connectivity index (χ3n) is 2.83. The Morgan fingerprint density at radius 2 is 2.12 bits per heavy atom. The number of nitrogens with one attached hydrogen (secondary N) is 1. The molecule has 0 atom stereocenters. The molecule has 1 heterocycles. The van der Waals surface area contributed by atoms with E-state index in [9.17, 15) is 0 Å². The van der Waals surface area contributed by atoms with Crippen molar-refractivity contribution in [3.63, 3.8) is 0 Å². The van der Waals surface area contributed by atoms with E-state index < -0.39 is 0 Å². The number of aromatic nitrogens is 4. The van der Waals surface area contributed by atoms with Crippen molar-refractivity contribution in [2.75, 3.05) is 0 Å². The minimum Gasteiger partial charge on any atom is -0.305 e. The third-order valence-corrected chi connectivity index (χ3v) is 2.83. The van der Waals surface area contributed by atoms with E-state index in [2.05, 4.69) is 41.6 Å². The van der Waals surface area contributed by atoms with Gasteiger partial charge in [0.15, 0.2) is 5.82 Å². The van der Waals surface area contributed by atoms with Gasteiger partial charge in [0.25, 0.3) is 0 Å². The smallest absolute Gasteiger partial charge is 0.165 e. The molecule has 1 saturated carbocycles. The molecule has 1 aromatic heterocycles. The second-order valence-electron chi connectivity index (χ2n) is 5.65. The maximum atomic E-state index is 4.06. The molecule has 5 nitrogen and oxygen atoms in total. The predicted octanol–water partition coefficient (Wildman–Crippen LogP) is 1.36. The van der Waals surface area contributed by atoms with Gasteiger partial charge in [0.05, 0.1) is 6.54 Å². The lowest BCUT2D eigenvalue weighted by molar-refractivity contribution is 0.404. The van der Waals surface area contributed by atoms with Gasteiger partial charge in [-0.25, -0.2) is 4.68 Å². The highest BCUT2D eigenvalue weighted by Crippen LogP contribution is 2.32. The van der Waals surface area contributed by atoms with Crippen LogP contribution in [-0.4, -0.2) is 25.7 Å². The van der Waals surface area contributed by atoms with Crippen LogP contribution in [-0.2, 0) is 13.1 Å². The number of nitrogens with zero attached hydrogens (tertiary/aromatic N) is 4. The fourth-order valence-electron chi connectivity index (χ4n) is 1.58. The summed E-state index contributed by atoms with van der Waals surface area (Å²) < 4.78 is 1.93. The van der Waals surface area contributed by atoms with E-state index in [0.29, 0.717) is 0 Å². The van der Waals surface area contributed by atoms with Crippen LogP contribution in [0.25, 0.3) is 0 Å². The molecule has 0 saturated heterocycles. The lowest BCUT2D eigenvalue weighted by Crippen LogP contribution is -2.36. The van der Waals surface area contributed by atoms with Crippen molar-refractivity contribution in [1.82, 2.24) is 25.5 Å². The summed E-state index contributed by atoms with van der Waals surface area (Å²) in [5.41, 5.74) is 0.104. The lowest BCUT2D eigenvalue weighted by atomic mass is 10.1. The Bertz CT molecular complexity index is 334. The van der Waals surface area contributed by atoms with Gasteiger partial charge in [0.1, 0.15) is 0 Å². The van der Waals surface area contributed by atoms with Gasteiger partial charge in [0, 0.05) is 12.1 Å². The Morgan fingerprint density at radius 3 is 2.75 bits per heavy atom. The Labute approximate surface area is 96.6 Å². The first-order chi connectivity index (χ1) is 7.54. The Kier molecular flexibility index (Phi) is 3.23. The van der Waals surface area contributed by atoms with Crippen molar-refractivity contribution in [2.45, 2.75) is 58.7 Å². The monoisotopic (exact) mass is 223 g/mol. The van der Waals surface area contributed by atoms with Crippen LogP contribution in [0.15, 0.2) is 0 Å². The molecule has 0 aliphatic heterocycles. The second kappa shape index (κ2) is 4.49. The Balaban J connectivity index is 1.85. The number of hydrogen-bond donors (Lipinski definition) is 1. The van der Waals surface area contributed by atoms with Crippen LogP contribution in [0.3, 0.4) is 0 Å². The molecule has 0 spiro atoms. The summed E-state index contributed by atoms with van der Waals surface area (Å²) in [5.74, 6) is 1.86. The maximum absolute atomic E-state index is 4.06. The normalized spacial score (nSPS) is 16.7. The number of aryl methyl sites for hydroxylation is 1. The first kappa shape index (κ1) is 11.5. The van der Waals surface area contributed by atoms with Gasteiger partial charge in [-0.3, -0.25) is 0 Å². The van der Waals surface area contributed by atoms with Crippen molar-refractivity contribution in [3.05, 3.63) is 5.82 Å². The van der Waals surface area contributed by atoms with Crippen molar-refractivity contribution in [2.24, 2.45) is 5.92 Å². The zero-order chi connectivity index (χ0) is 11.6. The summed E-state index contributed by atoms with van der Waals surface area (Å²) in [7, 11) is 0. The molecular weight excluding hydrogens is 202 g/mol. The van der Waals surface area contributed by atoms with Gasteiger partial charge in [0.2, 0.25) is 0 Å². The highest BCUT2D eigenvalue weighted by Gasteiger charge is 2.21. The SMILES string of the molecule is CC(C)(C)NCc1nnnn1CCC1CC1. The minimum absolute atomic E-state index is 0.104. The Hall–Kier alpha value is -0.970. The van der Waals surface area contributed by atoms with Crippen LogP contribution >= 0.6 is 0 Å². The molecule has 90 valence electrons. The van der Waals surface area contributed by atoms with Crippen molar-refractivity contribution in [3.8, 4) is 0 Å². The first-order valence-corrected chi connectivity index (χ1v) is 6.05. The number of tetrazole rings is 1. The molecule has 0 bridgehead atoms. The molecule has 1 aliphatic carbocycles. The molecule has 1 aliphatic rings. The van der Waals surface area contributed by atoms with E-state index in [1.807, 2.05) is 4.68 Å². The summed E-state index contributed by atoms with van der Waals surface area (Å²) in [4.78, 5) is 0.